The van der Waals surface area contributed by atoms with Crippen LogP contribution in [0.3, 0.4) is 0 Å². The zero-order valence-electron chi connectivity index (χ0n) is 11.0. The topological polar surface area (TPSA) is 67.3 Å². The first-order valence-corrected chi connectivity index (χ1v) is 8.41. The monoisotopic (exact) mass is 281 g/mol. The van der Waals surface area contributed by atoms with Crippen LogP contribution in [0.5, 0.6) is 0 Å². The molecule has 0 aromatic carbocycles. The number of aryl methyl sites for hydroxylation is 1. The third-order valence-corrected chi connectivity index (χ3v) is 7.32. The molecule has 2 saturated heterocycles. The van der Waals surface area contributed by atoms with Crippen molar-refractivity contribution < 1.29 is 13.5 Å². The van der Waals surface area contributed by atoms with Gasteiger partial charge in [0.1, 0.15) is 0 Å². The zero-order chi connectivity index (χ0) is 13.7. The summed E-state index contributed by atoms with van der Waals surface area (Å²) < 4.78 is 24.5. The van der Waals surface area contributed by atoms with Gasteiger partial charge in [0, 0.05) is 18.0 Å². The smallest absolute Gasteiger partial charge is 0.156 e. The lowest BCUT2D eigenvalue weighted by Crippen LogP contribution is -2.50. The van der Waals surface area contributed by atoms with Crippen molar-refractivity contribution >= 4 is 9.84 Å². The van der Waals surface area contributed by atoms with Crippen LogP contribution in [-0.2, 0) is 15.4 Å². The number of rotatable bonds is 1. The first kappa shape index (κ1) is 13.1. The summed E-state index contributed by atoms with van der Waals surface area (Å²) in [6, 6.07) is 1.87. The number of aliphatic hydroxyl groups is 1. The van der Waals surface area contributed by atoms with E-state index in [1.165, 1.54) is 0 Å². The Labute approximate surface area is 113 Å². The zero-order valence-corrected chi connectivity index (χ0v) is 11.9. The minimum Gasteiger partial charge on any atom is -0.385 e. The first-order valence-electron chi connectivity index (χ1n) is 6.80. The molecule has 2 unspecified atom stereocenters. The second kappa shape index (κ2) is 4.28. The molecule has 2 bridgehead atoms. The largest absolute Gasteiger partial charge is 0.385 e. The van der Waals surface area contributed by atoms with Crippen molar-refractivity contribution in [3.05, 3.63) is 29.6 Å². The van der Waals surface area contributed by atoms with E-state index in [9.17, 15) is 13.5 Å². The SMILES string of the molecule is Cc1ccncc1C1(O)CC2CCCC(C1)S2(=O)=O. The summed E-state index contributed by atoms with van der Waals surface area (Å²) in [5.41, 5.74) is 0.746. The molecule has 0 amide bonds. The summed E-state index contributed by atoms with van der Waals surface area (Å²) in [4.78, 5) is 4.09. The van der Waals surface area contributed by atoms with Gasteiger partial charge < -0.3 is 5.11 Å². The van der Waals surface area contributed by atoms with E-state index in [-0.39, 0.29) is 10.5 Å². The van der Waals surface area contributed by atoms with Gasteiger partial charge >= 0.3 is 0 Å². The molecule has 1 N–H and O–H groups in total. The molecular formula is C14H19NO3S. The van der Waals surface area contributed by atoms with Crippen LogP contribution in [0.1, 0.15) is 43.2 Å². The maximum absolute atomic E-state index is 12.3. The molecule has 5 heteroatoms. The highest BCUT2D eigenvalue weighted by Gasteiger charge is 2.51. The summed E-state index contributed by atoms with van der Waals surface area (Å²) in [6.07, 6.45) is 6.33. The molecule has 4 nitrogen and oxygen atoms in total. The second-order valence-electron chi connectivity index (χ2n) is 5.89. The van der Waals surface area contributed by atoms with Crippen LogP contribution in [0, 0.1) is 6.92 Å². The molecule has 0 aliphatic carbocycles. The Kier molecular flexibility index (Phi) is 2.94. The Morgan fingerprint density at radius 3 is 2.53 bits per heavy atom. The number of aromatic nitrogens is 1. The van der Waals surface area contributed by atoms with Gasteiger partial charge in [-0.1, -0.05) is 6.42 Å². The molecule has 1 aromatic rings. The maximum atomic E-state index is 12.3. The van der Waals surface area contributed by atoms with E-state index in [4.69, 9.17) is 0 Å². The van der Waals surface area contributed by atoms with Gasteiger partial charge in [-0.05, 0) is 44.2 Å². The van der Waals surface area contributed by atoms with Crippen LogP contribution in [0.15, 0.2) is 18.5 Å². The van der Waals surface area contributed by atoms with Crippen LogP contribution in [0.2, 0.25) is 0 Å². The summed E-state index contributed by atoms with van der Waals surface area (Å²) in [7, 11) is -3.04. The van der Waals surface area contributed by atoms with E-state index >= 15 is 0 Å². The maximum Gasteiger partial charge on any atom is 0.156 e. The summed E-state index contributed by atoms with van der Waals surface area (Å²) in [6.45, 7) is 1.94. The molecule has 0 saturated carbocycles. The minimum absolute atomic E-state index is 0.318. The third-order valence-electron chi connectivity index (χ3n) is 4.65. The van der Waals surface area contributed by atoms with Crippen molar-refractivity contribution in [2.24, 2.45) is 0 Å². The molecule has 19 heavy (non-hydrogen) atoms. The number of pyridine rings is 1. The van der Waals surface area contributed by atoms with Crippen LogP contribution >= 0.6 is 0 Å². The average Bonchev–Trinajstić information content (AvgIpc) is 2.32. The average molecular weight is 281 g/mol. The molecule has 1 aromatic heterocycles. The van der Waals surface area contributed by atoms with Gasteiger partial charge in [0.2, 0.25) is 0 Å². The number of hydrogen-bond acceptors (Lipinski definition) is 4. The molecule has 2 aliphatic rings. The number of nitrogens with zero attached hydrogens (tertiary/aromatic N) is 1. The van der Waals surface area contributed by atoms with Gasteiger partial charge in [0.05, 0.1) is 16.1 Å². The Hall–Kier alpha value is -0.940. The van der Waals surface area contributed by atoms with Gasteiger partial charge in [-0.3, -0.25) is 4.98 Å². The lowest BCUT2D eigenvalue weighted by atomic mass is 9.79. The van der Waals surface area contributed by atoms with Gasteiger partial charge in [0.15, 0.2) is 9.84 Å². The van der Waals surface area contributed by atoms with E-state index in [0.717, 1.165) is 17.5 Å². The lowest BCUT2D eigenvalue weighted by molar-refractivity contribution is 0.00415. The van der Waals surface area contributed by atoms with Crippen molar-refractivity contribution in [2.45, 2.75) is 55.1 Å². The fourth-order valence-electron chi connectivity index (χ4n) is 3.62. The van der Waals surface area contributed by atoms with Crippen molar-refractivity contribution in [1.82, 2.24) is 4.98 Å². The van der Waals surface area contributed by atoms with E-state index in [1.807, 2.05) is 13.0 Å². The standard InChI is InChI=1S/C14H19NO3S/c1-10-5-6-15-9-13(10)14(16)7-11-3-2-4-12(8-14)19(11,17)18/h5-6,9,11-12,16H,2-4,7-8H2,1H3. The number of hydrogen-bond donors (Lipinski definition) is 1. The highest BCUT2D eigenvalue weighted by atomic mass is 32.2. The Morgan fingerprint density at radius 1 is 1.32 bits per heavy atom. The van der Waals surface area contributed by atoms with E-state index in [0.29, 0.717) is 25.7 Å². The number of sulfone groups is 1. The second-order valence-corrected chi connectivity index (χ2v) is 8.41. The quantitative estimate of drug-likeness (QED) is 0.851. The highest BCUT2D eigenvalue weighted by Crippen LogP contribution is 2.46. The van der Waals surface area contributed by atoms with Crippen molar-refractivity contribution in [1.29, 1.82) is 0 Å². The Morgan fingerprint density at radius 2 is 1.95 bits per heavy atom. The number of fused-ring (bicyclic) bond motifs is 2. The van der Waals surface area contributed by atoms with Crippen molar-refractivity contribution in [3.63, 3.8) is 0 Å². The predicted molar refractivity (Wildman–Crippen MR) is 72.5 cm³/mol. The molecule has 3 heterocycles. The molecule has 0 radical (unpaired) electrons. The Bertz CT molecular complexity index is 576. The minimum atomic E-state index is -3.04. The predicted octanol–water partition coefficient (Wildman–Crippen LogP) is 1.71. The molecule has 104 valence electrons. The fourth-order valence-corrected chi connectivity index (χ4v) is 6.17. The van der Waals surface area contributed by atoms with Crippen molar-refractivity contribution in [2.75, 3.05) is 0 Å². The molecule has 2 aliphatic heterocycles. The normalized spacial score (nSPS) is 36.9. The molecule has 2 fully saturated rings. The summed E-state index contributed by atoms with van der Waals surface area (Å²) in [5.74, 6) is 0. The van der Waals surface area contributed by atoms with Gasteiger partial charge in [-0.25, -0.2) is 8.42 Å². The van der Waals surface area contributed by atoms with Crippen LogP contribution in [0.4, 0.5) is 0 Å². The fraction of sp³-hybridized carbons (Fsp3) is 0.643. The molecular weight excluding hydrogens is 262 g/mol. The van der Waals surface area contributed by atoms with Crippen LogP contribution in [0.25, 0.3) is 0 Å². The van der Waals surface area contributed by atoms with E-state index in [1.54, 1.807) is 12.4 Å². The van der Waals surface area contributed by atoms with E-state index in [2.05, 4.69) is 4.98 Å². The van der Waals surface area contributed by atoms with Crippen LogP contribution in [-0.4, -0.2) is 29.0 Å². The molecule has 0 spiro atoms. The first-order chi connectivity index (χ1) is 8.93. The van der Waals surface area contributed by atoms with Gasteiger partial charge in [0.25, 0.3) is 0 Å². The molecule has 2 atom stereocenters. The van der Waals surface area contributed by atoms with Gasteiger partial charge in [-0.15, -0.1) is 0 Å². The third kappa shape index (κ3) is 1.99. The highest BCUT2D eigenvalue weighted by molar-refractivity contribution is 7.92. The summed E-state index contributed by atoms with van der Waals surface area (Å²) >= 11 is 0. The summed E-state index contributed by atoms with van der Waals surface area (Å²) in [5, 5.41) is 10.2. The van der Waals surface area contributed by atoms with Crippen LogP contribution < -0.4 is 0 Å². The molecule has 3 rings (SSSR count). The van der Waals surface area contributed by atoms with E-state index < -0.39 is 15.4 Å². The van der Waals surface area contributed by atoms with Gasteiger partial charge in [-0.2, -0.15) is 0 Å². The lowest BCUT2D eigenvalue weighted by Gasteiger charge is -2.44. The Balaban J connectivity index is 2.02. The van der Waals surface area contributed by atoms with Crippen molar-refractivity contribution in [3.8, 4) is 0 Å².